The topological polar surface area (TPSA) is 80.3 Å². The van der Waals surface area contributed by atoms with E-state index < -0.39 is 11.8 Å². The lowest BCUT2D eigenvalue weighted by Gasteiger charge is -2.15. The third-order valence-corrected chi connectivity index (χ3v) is 4.01. The molecule has 2 N–H and O–H groups in total. The van der Waals surface area contributed by atoms with Crippen molar-refractivity contribution in [2.24, 2.45) is 0 Å². The van der Waals surface area contributed by atoms with Crippen LogP contribution in [0.5, 0.6) is 5.75 Å². The van der Waals surface area contributed by atoms with Crippen molar-refractivity contribution in [2.75, 3.05) is 6.61 Å². The summed E-state index contributed by atoms with van der Waals surface area (Å²) in [6.07, 6.45) is 0. The Morgan fingerprint density at radius 2 is 1.88 bits per heavy atom. The first-order valence-corrected chi connectivity index (χ1v) is 8.68. The fraction of sp³-hybridized carbons (Fsp3) is 0.278. The van der Waals surface area contributed by atoms with E-state index in [1.807, 2.05) is 39.0 Å². The van der Waals surface area contributed by atoms with Gasteiger partial charge in [-0.15, -0.1) is 0 Å². The largest absolute Gasteiger partial charge is 0.483 e. The number of benzene rings is 1. The molecule has 0 aliphatic carbocycles. The molecule has 0 fully saturated rings. The Hall–Kier alpha value is -2.31. The van der Waals surface area contributed by atoms with Gasteiger partial charge in [0.2, 0.25) is 0 Å². The summed E-state index contributed by atoms with van der Waals surface area (Å²) in [5, 5.41) is 0.244. The molecule has 6 nitrogen and oxygen atoms in total. The first kappa shape index (κ1) is 20.0. The zero-order valence-electron chi connectivity index (χ0n) is 14.6. The van der Waals surface area contributed by atoms with E-state index in [-0.39, 0.29) is 28.4 Å². The van der Waals surface area contributed by atoms with E-state index in [4.69, 9.17) is 27.9 Å². The number of halogens is 2. The van der Waals surface area contributed by atoms with Gasteiger partial charge >= 0.3 is 0 Å². The zero-order valence-corrected chi connectivity index (χ0v) is 16.1. The maximum atomic E-state index is 12.0. The monoisotopic (exact) mass is 395 g/mol. The van der Waals surface area contributed by atoms with Gasteiger partial charge in [0.05, 0.1) is 5.02 Å². The van der Waals surface area contributed by atoms with Crippen LogP contribution in [0.4, 0.5) is 0 Å². The highest BCUT2D eigenvalue weighted by Gasteiger charge is 2.15. The number of carbonyl (C=O) groups is 2. The van der Waals surface area contributed by atoms with E-state index in [9.17, 15) is 9.59 Å². The van der Waals surface area contributed by atoms with Crippen molar-refractivity contribution in [2.45, 2.75) is 26.7 Å². The first-order chi connectivity index (χ1) is 12.3. The molecule has 0 spiro atoms. The highest BCUT2D eigenvalue weighted by atomic mass is 35.5. The van der Waals surface area contributed by atoms with Crippen LogP contribution in [0.1, 0.15) is 41.4 Å². The molecule has 0 saturated heterocycles. The standard InChI is InChI=1S/C18H19Cl2N3O3/c1-10(2)12-5-4-11(3)8-14(12)26-9-16(24)22-23-18(25)17-13(19)6-7-15(20)21-17/h4-8,10H,9H2,1-3H3,(H,22,24)(H,23,25). The first-order valence-electron chi connectivity index (χ1n) is 7.92. The highest BCUT2D eigenvalue weighted by Crippen LogP contribution is 2.27. The predicted molar refractivity (Wildman–Crippen MR) is 101 cm³/mol. The van der Waals surface area contributed by atoms with E-state index in [2.05, 4.69) is 15.8 Å². The molecule has 2 aromatic rings. The summed E-state index contributed by atoms with van der Waals surface area (Å²) in [6.45, 7) is 5.78. The number of nitrogens with zero attached hydrogens (tertiary/aromatic N) is 1. The number of aromatic nitrogens is 1. The van der Waals surface area contributed by atoms with Gasteiger partial charge in [0.1, 0.15) is 16.6 Å². The van der Waals surface area contributed by atoms with Gasteiger partial charge in [-0.05, 0) is 42.2 Å². The minimum atomic E-state index is -0.677. The predicted octanol–water partition coefficient (Wildman–Crippen LogP) is 3.66. The SMILES string of the molecule is Cc1ccc(C(C)C)c(OCC(=O)NNC(=O)c2nc(Cl)ccc2Cl)c1. The van der Waals surface area contributed by atoms with E-state index in [0.29, 0.717) is 5.75 Å². The minimum Gasteiger partial charge on any atom is -0.483 e. The molecule has 0 bridgehead atoms. The molecule has 2 rings (SSSR count). The Balaban J connectivity index is 1.93. The average Bonchev–Trinajstić information content (AvgIpc) is 2.59. The molecular weight excluding hydrogens is 377 g/mol. The Kier molecular flexibility index (Phi) is 6.83. The van der Waals surface area contributed by atoms with Crippen LogP contribution in [-0.2, 0) is 4.79 Å². The number of hydrogen-bond donors (Lipinski definition) is 2. The summed E-state index contributed by atoms with van der Waals surface area (Å²) in [5.74, 6) is -0.303. The molecule has 0 aliphatic heterocycles. The second-order valence-corrected chi connectivity index (χ2v) is 6.75. The van der Waals surface area contributed by atoms with Crippen molar-refractivity contribution in [3.8, 4) is 5.75 Å². The second-order valence-electron chi connectivity index (χ2n) is 5.95. The van der Waals surface area contributed by atoms with Crippen LogP contribution >= 0.6 is 23.2 Å². The molecule has 138 valence electrons. The fourth-order valence-corrected chi connectivity index (χ4v) is 2.52. The molecule has 26 heavy (non-hydrogen) atoms. The molecular formula is C18H19Cl2N3O3. The van der Waals surface area contributed by atoms with Crippen molar-refractivity contribution in [1.82, 2.24) is 15.8 Å². The van der Waals surface area contributed by atoms with Gasteiger partial charge in [-0.25, -0.2) is 4.98 Å². The third-order valence-electron chi connectivity index (χ3n) is 3.49. The third kappa shape index (κ3) is 5.34. The molecule has 0 atom stereocenters. The van der Waals surface area contributed by atoms with Gasteiger partial charge in [0.25, 0.3) is 11.8 Å². The Morgan fingerprint density at radius 1 is 1.15 bits per heavy atom. The molecule has 1 aromatic heterocycles. The summed E-state index contributed by atoms with van der Waals surface area (Å²) in [7, 11) is 0. The van der Waals surface area contributed by atoms with Crippen molar-refractivity contribution < 1.29 is 14.3 Å². The Morgan fingerprint density at radius 3 is 2.58 bits per heavy atom. The number of pyridine rings is 1. The molecule has 0 unspecified atom stereocenters. The van der Waals surface area contributed by atoms with Crippen LogP contribution < -0.4 is 15.6 Å². The van der Waals surface area contributed by atoms with Gasteiger partial charge in [0, 0.05) is 0 Å². The summed E-state index contributed by atoms with van der Waals surface area (Å²) < 4.78 is 5.60. The van der Waals surface area contributed by atoms with Crippen LogP contribution in [0.2, 0.25) is 10.2 Å². The molecule has 2 amide bonds. The van der Waals surface area contributed by atoms with E-state index >= 15 is 0 Å². The van der Waals surface area contributed by atoms with Gasteiger partial charge in [-0.1, -0.05) is 49.2 Å². The second kappa shape index (κ2) is 8.87. The highest BCUT2D eigenvalue weighted by molar-refractivity contribution is 6.34. The number of hydrazine groups is 1. The number of rotatable bonds is 5. The minimum absolute atomic E-state index is 0.0823. The molecule has 0 aliphatic rings. The summed E-state index contributed by atoms with van der Waals surface area (Å²) >= 11 is 11.6. The van der Waals surface area contributed by atoms with E-state index in [1.54, 1.807) is 0 Å². The lowest BCUT2D eigenvalue weighted by atomic mass is 10.0. The van der Waals surface area contributed by atoms with Crippen LogP contribution in [0.25, 0.3) is 0 Å². The Bertz CT molecular complexity index is 825. The average molecular weight is 396 g/mol. The van der Waals surface area contributed by atoms with Crippen LogP contribution in [-0.4, -0.2) is 23.4 Å². The lowest BCUT2D eigenvalue weighted by molar-refractivity contribution is -0.123. The van der Waals surface area contributed by atoms with Crippen molar-refractivity contribution in [3.05, 3.63) is 57.3 Å². The number of ether oxygens (including phenoxy) is 1. The molecule has 0 saturated carbocycles. The molecule has 0 radical (unpaired) electrons. The molecule has 8 heteroatoms. The van der Waals surface area contributed by atoms with Crippen LogP contribution in [0, 0.1) is 6.92 Å². The smallest absolute Gasteiger partial charge is 0.289 e. The van der Waals surface area contributed by atoms with E-state index in [1.165, 1.54) is 12.1 Å². The zero-order chi connectivity index (χ0) is 19.3. The molecule has 1 aromatic carbocycles. The summed E-state index contributed by atoms with van der Waals surface area (Å²) in [5.41, 5.74) is 6.43. The van der Waals surface area contributed by atoms with Crippen LogP contribution in [0.3, 0.4) is 0 Å². The number of amides is 2. The van der Waals surface area contributed by atoms with Crippen molar-refractivity contribution in [3.63, 3.8) is 0 Å². The van der Waals surface area contributed by atoms with Gasteiger partial charge in [0.15, 0.2) is 6.61 Å². The van der Waals surface area contributed by atoms with Gasteiger partial charge in [-0.3, -0.25) is 20.4 Å². The number of aryl methyl sites for hydroxylation is 1. The maximum absolute atomic E-state index is 12.0. The van der Waals surface area contributed by atoms with Gasteiger partial charge < -0.3 is 4.74 Å². The fourth-order valence-electron chi connectivity index (χ4n) is 2.19. The van der Waals surface area contributed by atoms with Crippen LogP contribution in [0.15, 0.2) is 30.3 Å². The van der Waals surface area contributed by atoms with E-state index in [0.717, 1.165) is 11.1 Å². The molecule has 1 heterocycles. The summed E-state index contributed by atoms with van der Waals surface area (Å²) in [4.78, 5) is 27.8. The van der Waals surface area contributed by atoms with Gasteiger partial charge in [-0.2, -0.15) is 0 Å². The summed E-state index contributed by atoms with van der Waals surface area (Å²) in [6, 6.07) is 8.74. The lowest BCUT2D eigenvalue weighted by Crippen LogP contribution is -2.44. The number of nitrogens with one attached hydrogen (secondary N) is 2. The normalized spacial score (nSPS) is 10.5. The van der Waals surface area contributed by atoms with Crippen molar-refractivity contribution >= 4 is 35.0 Å². The number of hydrogen-bond acceptors (Lipinski definition) is 4. The quantitative estimate of drug-likeness (QED) is 0.597. The number of carbonyl (C=O) groups excluding carboxylic acids is 2. The maximum Gasteiger partial charge on any atom is 0.289 e. The van der Waals surface area contributed by atoms with Crippen molar-refractivity contribution in [1.29, 1.82) is 0 Å². The Labute approximate surface area is 161 Å².